The molecule has 1 aromatic carbocycles. The summed E-state index contributed by atoms with van der Waals surface area (Å²) in [5.41, 5.74) is 1.01. The fourth-order valence-corrected chi connectivity index (χ4v) is 4.00. The predicted octanol–water partition coefficient (Wildman–Crippen LogP) is 2.89. The van der Waals surface area contributed by atoms with Crippen LogP contribution in [0.4, 0.5) is 0 Å². The van der Waals surface area contributed by atoms with Gasteiger partial charge in [-0.05, 0) is 24.3 Å². The standard InChI is InChI=1S/C19H22N4OS/c1-2-5-16(6-3-1)24-14-13-22-9-11-23(12-10-22)15-18-21-17-7-4-8-20-19(17)25-18/h1-8H,9-15H2. The molecule has 0 saturated carbocycles. The minimum Gasteiger partial charge on any atom is -0.492 e. The molecule has 5 nitrogen and oxygen atoms in total. The molecule has 0 amide bonds. The van der Waals surface area contributed by atoms with Crippen molar-refractivity contribution in [2.75, 3.05) is 39.3 Å². The van der Waals surface area contributed by atoms with E-state index in [1.165, 1.54) is 0 Å². The van der Waals surface area contributed by atoms with Crippen molar-refractivity contribution in [3.63, 3.8) is 0 Å². The van der Waals surface area contributed by atoms with E-state index in [1.807, 2.05) is 48.7 Å². The maximum Gasteiger partial charge on any atom is 0.143 e. The van der Waals surface area contributed by atoms with Gasteiger partial charge in [0.25, 0.3) is 0 Å². The Morgan fingerprint density at radius 2 is 1.76 bits per heavy atom. The van der Waals surface area contributed by atoms with E-state index in [1.54, 1.807) is 11.3 Å². The smallest absolute Gasteiger partial charge is 0.143 e. The van der Waals surface area contributed by atoms with E-state index in [0.29, 0.717) is 0 Å². The molecule has 3 heterocycles. The van der Waals surface area contributed by atoms with Gasteiger partial charge in [-0.2, -0.15) is 0 Å². The summed E-state index contributed by atoms with van der Waals surface area (Å²) in [6.45, 7) is 6.97. The lowest BCUT2D eigenvalue weighted by Crippen LogP contribution is -2.47. The Kier molecular flexibility index (Phi) is 5.20. The number of ether oxygens (including phenoxy) is 1. The molecule has 1 aliphatic rings. The molecule has 2 aromatic heterocycles. The number of piperazine rings is 1. The predicted molar refractivity (Wildman–Crippen MR) is 101 cm³/mol. The van der Waals surface area contributed by atoms with Gasteiger partial charge in [0.15, 0.2) is 0 Å². The average Bonchev–Trinajstić information content (AvgIpc) is 3.06. The summed E-state index contributed by atoms with van der Waals surface area (Å²) in [4.78, 5) is 15.1. The highest BCUT2D eigenvalue weighted by Crippen LogP contribution is 2.21. The molecule has 0 aliphatic carbocycles. The zero-order valence-electron chi connectivity index (χ0n) is 14.2. The van der Waals surface area contributed by atoms with Crippen LogP contribution in [0.1, 0.15) is 5.01 Å². The summed E-state index contributed by atoms with van der Waals surface area (Å²) in [5, 5.41) is 1.16. The van der Waals surface area contributed by atoms with Crippen LogP contribution in [0.15, 0.2) is 48.7 Å². The van der Waals surface area contributed by atoms with Crippen molar-refractivity contribution in [2.24, 2.45) is 0 Å². The second kappa shape index (κ2) is 7.91. The van der Waals surface area contributed by atoms with Gasteiger partial charge in [0.2, 0.25) is 0 Å². The second-order valence-corrected chi connectivity index (χ2v) is 7.28. The number of hydrogen-bond donors (Lipinski definition) is 0. The molecular formula is C19H22N4OS. The van der Waals surface area contributed by atoms with Crippen LogP contribution in [-0.2, 0) is 6.54 Å². The third-order valence-electron chi connectivity index (χ3n) is 4.45. The first-order valence-electron chi connectivity index (χ1n) is 8.70. The summed E-state index contributed by atoms with van der Waals surface area (Å²) in [7, 11) is 0. The van der Waals surface area contributed by atoms with E-state index in [-0.39, 0.29) is 0 Å². The molecule has 0 radical (unpaired) electrons. The third kappa shape index (κ3) is 4.34. The van der Waals surface area contributed by atoms with Crippen LogP contribution < -0.4 is 4.74 Å². The first-order chi connectivity index (χ1) is 12.4. The van der Waals surface area contributed by atoms with E-state index >= 15 is 0 Å². The first kappa shape index (κ1) is 16.4. The number of aromatic nitrogens is 2. The maximum atomic E-state index is 5.79. The number of fused-ring (bicyclic) bond motifs is 1. The molecule has 25 heavy (non-hydrogen) atoms. The van der Waals surface area contributed by atoms with Crippen molar-refractivity contribution >= 4 is 21.7 Å². The fourth-order valence-electron chi connectivity index (χ4n) is 3.05. The number of pyridine rings is 1. The topological polar surface area (TPSA) is 41.5 Å². The van der Waals surface area contributed by atoms with Crippen molar-refractivity contribution in [1.82, 2.24) is 19.8 Å². The molecule has 0 unspecified atom stereocenters. The summed E-state index contributed by atoms with van der Waals surface area (Å²) in [5.74, 6) is 0.950. The van der Waals surface area contributed by atoms with E-state index in [2.05, 4.69) is 19.8 Å². The number of rotatable bonds is 6. The van der Waals surface area contributed by atoms with Crippen LogP contribution >= 0.6 is 11.3 Å². The summed E-state index contributed by atoms with van der Waals surface area (Å²) in [6, 6.07) is 14.0. The van der Waals surface area contributed by atoms with Crippen LogP contribution in [0, 0.1) is 0 Å². The highest BCUT2D eigenvalue weighted by Gasteiger charge is 2.18. The van der Waals surface area contributed by atoms with E-state index in [4.69, 9.17) is 4.74 Å². The van der Waals surface area contributed by atoms with Crippen molar-refractivity contribution in [1.29, 1.82) is 0 Å². The molecule has 130 valence electrons. The Morgan fingerprint density at radius 1 is 0.960 bits per heavy atom. The van der Waals surface area contributed by atoms with Crippen molar-refractivity contribution in [2.45, 2.75) is 6.54 Å². The summed E-state index contributed by atoms with van der Waals surface area (Å²) < 4.78 is 5.79. The van der Waals surface area contributed by atoms with Crippen LogP contribution in [0.25, 0.3) is 10.3 Å². The molecule has 4 rings (SSSR count). The van der Waals surface area contributed by atoms with Gasteiger partial charge in [0.1, 0.15) is 27.7 Å². The Morgan fingerprint density at radius 3 is 2.56 bits per heavy atom. The van der Waals surface area contributed by atoms with Gasteiger partial charge in [0.05, 0.1) is 6.54 Å². The van der Waals surface area contributed by atoms with Gasteiger partial charge >= 0.3 is 0 Å². The average molecular weight is 354 g/mol. The molecule has 0 N–H and O–H groups in total. The number of benzene rings is 1. The third-order valence-corrected chi connectivity index (χ3v) is 5.42. The molecule has 0 atom stereocenters. The zero-order chi connectivity index (χ0) is 16.9. The first-order valence-corrected chi connectivity index (χ1v) is 9.51. The highest BCUT2D eigenvalue weighted by atomic mass is 32.1. The Balaban J connectivity index is 1.21. The molecular weight excluding hydrogens is 332 g/mol. The minimum atomic E-state index is 0.744. The number of thiazole rings is 1. The van der Waals surface area contributed by atoms with Crippen molar-refractivity contribution in [3.8, 4) is 5.75 Å². The normalized spacial score (nSPS) is 16.3. The number of hydrogen-bond acceptors (Lipinski definition) is 6. The quantitative estimate of drug-likeness (QED) is 0.681. The molecule has 0 spiro atoms. The molecule has 3 aromatic rings. The highest BCUT2D eigenvalue weighted by molar-refractivity contribution is 7.18. The summed E-state index contributed by atoms with van der Waals surface area (Å²) in [6.07, 6.45) is 1.83. The molecule has 1 aliphatic heterocycles. The Bertz CT molecular complexity index is 766. The van der Waals surface area contributed by atoms with Crippen LogP contribution in [-0.4, -0.2) is 59.1 Å². The Labute approximate surface area is 151 Å². The lowest BCUT2D eigenvalue weighted by molar-refractivity contribution is 0.112. The molecule has 1 fully saturated rings. The van der Waals surface area contributed by atoms with Gasteiger partial charge in [-0.1, -0.05) is 29.5 Å². The van der Waals surface area contributed by atoms with Crippen LogP contribution in [0.2, 0.25) is 0 Å². The van der Waals surface area contributed by atoms with E-state index in [9.17, 15) is 0 Å². The molecule has 0 bridgehead atoms. The zero-order valence-corrected chi connectivity index (χ0v) is 15.0. The lowest BCUT2D eigenvalue weighted by Gasteiger charge is -2.34. The monoisotopic (exact) mass is 354 g/mol. The second-order valence-electron chi connectivity index (χ2n) is 6.21. The maximum absolute atomic E-state index is 5.79. The van der Waals surface area contributed by atoms with Crippen LogP contribution in [0.5, 0.6) is 5.75 Å². The fraction of sp³-hybridized carbons (Fsp3) is 0.368. The van der Waals surface area contributed by atoms with Gasteiger partial charge in [-0.25, -0.2) is 9.97 Å². The van der Waals surface area contributed by atoms with Crippen molar-refractivity contribution < 1.29 is 4.74 Å². The lowest BCUT2D eigenvalue weighted by atomic mass is 10.3. The number of para-hydroxylation sites is 1. The summed E-state index contributed by atoms with van der Waals surface area (Å²) >= 11 is 1.71. The van der Waals surface area contributed by atoms with Crippen LogP contribution in [0.3, 0.4) is 0 Å². The molecule has 1 saturated heterocycles. The van der Waals surface area contributed by atoms with Gasteiger partial charge in [-0.15, -0.1) is 0 Å². The van der Waals surface area contributed by atoms with Gasteiger partial charge in [0, 0.05) is 38.9 Å². The van der Waals surface area contributed by atoms with Crippen molar-refractivity contribution in [3.05, 3.63) is 53.7 Å². The molecule has 6 heteroatoms. The largest absolute Gasteiger partial charge is 0.492 e. The van der Waals surface area contributed by atoms with E-state index in [0.717, 1.165) is 67.0 Å². The van der Waals surface area contributed by atoms with E-state index < -0.39 is 0 Å². The van der Waals surface area contributed by atoms with Gasteiger partial charge in [-0.3, -0.25) is 9.80 Å². The SMILES string of the molecule is c1ccc(OCCN2CCN(Cc3nc4cccnc4s3)CC2)cc1. The minimum absolute atomic E-state index is 0.744. The number of nitrogens with zero attached hydrogens (tertiary/aromatic N) is 4. The van der Waals surface area contributed by atoms with Gasteiger partial charge < -0.3 is 4.74 Å². The Hall–Kier alpha value is -2.02.